The van der Waals surface area contributed by atoms with Crippen LogP contribution >= 0.6 is 0 Å². The van der Waals surface area contributed by atoms with Gasteiger partial charge < -0.3 is 39.4 Å². The van der Waals surface area contributed by atoms with E-state index in [4.69, 9.17) is 18.9 Å². The second-order valence-electron chi connectivity index (χ2n) is 14.8. The highest BCUT2D eigenvalue weighted by Gasteiger charge is 2.44. The van der Waals surface area contributed by atoms with Crippen molar-refractivity contribution < 1.29 is 49.0 Å². The summed E-state index contributed by atoms with van der Waals surface area (Å²) >= 11 is 0. The van der Waals surface area contributed by atoms with Crippen molar-refractivity contribution in [3.63, 3.8) is 0 Å². The largest absolute Gasteiger partial charge is 0.462 e. The zero-order valence-electron chi connectivity index (χ0n) is 33.1. The molecule has 0 aromatic carbocycles. The van der Waals surface area contributed by atoms with Crippen molar-refractivity contribution in [1.82, 2.24) is 0 Å². The van der Waals surface area contributed by atoms with Crippen molar-refractivity contribution in [2.24, 2.45) is 0 Å². The first-order chi connectivity index (χ1) is 25.3. The Labute approximate surface area is 316 Å². The number of aliphatic hydroxyl groups excluding tert-OH is 4. The minimum Gasteiger partial charge on any atom is -0.462 e. The summed E-state index contributed by atoms with van der Waals surface area (Å²) in [4.78, 5) is 25.1. The van der Waals surface area contributed by atoms with Gasteiger partial charge in [0.15, 0.2) is 12.4 Å². The maximum absolute atomic E-state index is 12.6. The summed E-state index contributed by atoms with van der Waals surface area (Å²) < 4.78 is 22.0. The van der Waals surface area contributed by atoms with Gasteiger partial charge in [0.2, 0.25) is 0 Å². The van der Waals surface area contributed by atoms with Gasteiger partial charge in [0, 0.05) is 12.8 Å². The molecule has 52 heavy (non-hydrogen) atoms. The van der Waals surface area contributed by atoms with Gasteiger partial charge in [-0.25, -0.2) is 0 Å². The first-order valence-electron chi connectivity index (χ1n) is 21.3. The van der Waals surface area contributed by atoms with Crippen molar-refractivity contribution in [3.05, 3.63) is 12.2 Å². The van der Waals surface area contributed by atoms with E-state index in [0.29, 0.717) is 6.42 Å². The number of rotatable bonds is 35. The molecule has 0 aromatic heterocycles. The minimum absolute atomic E-state index is 0.214. The molecule has 0 aliphatic carbocycles. The van der Waals surface area contributed by atoms with Gasteiger partial charge in [0.25, 0.3) is 0 Å². The van der Waals surface area contributed by atoms with Crippen molar-refractivity contribution >= 4 is 11.9 Å². The Morgan fingerprint density at radius 2 is 1.02 bits per heavy atom. The molecule has 1 heterocycles. The monoisotopic (exact) mass is 743 g/mol. The molecule has 10 nitrogen and oxygen atoms in total. The number of hydrogen-bond acceptors (Lipinski definition) is 10. The number of aliphatic hydroxyl groups is 4. The van der Waals surface area contributed by atoms with E-state index >= 15 is 0 Å². The third kappa shape index (κ3) is 25.5. The Kier molecular flexibility index (Phi) is 31.7. The molecule has 1 rings (SSSR count). The molecular weight excluding hydrogens is 664 g/mol. The topological polar surface area (TPSA) is 152 Å². The Hall–Kier alpha value is -1.56. The van der Waals surface area contributed by atoms with Gasteiger partial charge in [0.1, 0.15) is 31.0 Å². The van der Waals surface area contributed by atoms with E-state index in [-0.39, 0.29) is 32.0 Å². The van der Waals surface area contributed by atoms with Gasteiger partial charge in [-0.05, 0) is 38.5 Å². The van der Waals surface area contributed by atoms with Gasteiger partial charge in [-0.1, -0.05) is 148 Å². The summed E-state index contributed by atoms with van der Waals surface area (Å²) in [5.74, 6) is -0.807. The van der Waals surface area contributed by atoms with E-state index < -0.39 is 49.4 Å². The van der Waals surface area contributed by atoms with Crippen molar-refractivity contribution in [3.8, 4) is 0 Å². The average Bonchev–Trinajstić information content (AvgIpc) is 3.14. The quantitative estimate of drug-likeness (QED) is 0.0283. The molecule has 1 aliphatic heterocycles. The molecule has 0 amide bonds. The Morgan fingerprint density at radius 3 is 1.50 bits per heavy atom. The first-order valence-corrected chi connectivity index (χ1v) is 21.3. The maximum Gasteiger partial charge on any atom is 0.306 e. The fourth-order valence-corrected chi connectivity index (χ4v) is 6.48. The third-order valence-electron chi connectivity index (χ3n) is 9.90. The van der Waals surface area contributed by atoms with Crippen LogP contribution in [-0.2, 0) is 28.5 Å². The normalized spacial score (nSPS) is 21.1. The lowest BCUT2D eigenvalue weighted by molar-refractivity contribution is -0.305. The molecule has 0 bridgehead atoms. The van der Waals surface area contributed by atoms with Crippen LogP contribution in [0.3, 0.4) is 0 Å². The van der Waals surface area contributed by atoms with Crippen LogP contribution in [0.25, 0.3) is 0 Å². The van der Waals surface area contributed by atoms with E-state index in [0.717, 1.165) is 38.5 Å². The number of carbonyl (C=O) groups is 2. The van der Waals surface area contributed by atoms with Gasteiger partial charge >= 0.3 is 11.9 Å². The molecule has 10 heteroatoms. The summed E-state index contributed by atoms with van der Waals surface area (Å²) in [5, 5.41) is 39.9. The summed E-state index contributed by atoms with van der Waals surface area (Å²) in [5.41, 5.74) is 0. The number of esters is 2. The van der Waals surface area contributed by atoms with E-state index in [1.807, 2.05) is 0 Å². The van der Waals surface area contributed by atoms with E-state index in [1.54, 1.807) is 0 Å². The van der Waals surface area contributed by atoms with Crippen molar-refractivity contribution in [1.29, 1.82) is 0 Å². The molecule has 0 saturated carbocycles. The summed E-state index contributed by atoms with van der Waals surface area (Å²) in [7, 11) is 0. The Balaban J connectivity index is 2.27. The van der Waals surface area contributed by atoms with Crippen LogP contribution in [0.1, 0.15) is 187 Å². The van der Waals surface area contributed by atoms with Gasteiger partial charge in [-0.3, -0.25) is 9.59 Å². The van der Waals surface area contributed by atoms with Crippen LogP contribution in [-0.4, -0.2) is 89.0 Å². The lowest BCUT2D eigenvalue weighted by atomic mass is 9.99. The fraction of sp³-hybridized carbons (Fsp3) is 0.905. The lowest BCUT2D eigenvalue weighted by Crippen LogP contribution is -2.59. The maximum atomic E-state index is 12.6. The number of allylic oxidation sites excluding steroid dienone is 2. The second kappa shape index (κ2) is 34.0. The highest BCUT2D eigenvalue weighted by molar-refractivity contribution is 5.70. The first kappa shape index (κ1) is 48.5. The molecule has 4 N–H and O–H groups in total. The molecule has 0 radical (unpaired) electrons. The van der Waals surface area contributed by atoms with Crippen LogP contribution in [0.4, 0.5) is 0 Å². The summed E-state index contributed by atoms with van der Waals surface area (Å²) in [6, 6.07) is 0. The zero-order valence-corrected chi connectivity index (χ0v) is 33.1. The van der Waals surface area contributed by atoms with E-state index in [9.17, 15) is 30.0 Å². The number of ether oxygens (including phenoxy) is 4. The zero-order chi connectivity index (χ0) is 38.1. The number of unbranched alkanes of at least 4 members (excludes halogenated alkanes) is 22. The standard InChI is InChI=1S/C42H78O10/c1-3-5-7-9-11-13-14-15-16-17-18-19-20-21-22-23-25-26-28-30-37(44)49-33-35(51-38(45)31-29-27-24-12-10-8-6-4-2)34-50-42-41(48)40(47)39(46)36(32-43)52-42/h15-16,35-36,39-43,46-48H,3-14,17-34H2,1-2H3/b16-15+/t35-,36-,39+,40?,41?,42-/m0/s1. The molecule has 1 saturated heterocycles. The van der Waals surface area contributed by atoms with Crippen molar-refractivity contribution in [2.75, 3.05) is 19.8 Å². The second-order valence-corrected chi connectivity index (χ2v) is 14.8. The molecule has 1 fully saturated rings. The molecule has 0 spiro atoms. The minimum atomic E-state index is -1.59. The predicted octanol–water partition coefficient (Wildman–Crippen LogP) is 8.39. The Bertz CT molecular complexity index is 866. The highest BCUT2D eigenvalue weighted by Crippen LogP contribution is 2.22. The van der Waals surface area contributed by atoms with Crippen LogP contribution in [0, 0.1) is 0 Å². The molecule has 2 unspecified atom stereocenters. The van der Waals surface area contributed by atoms with Gasteiger partial charge in [-0.15, -0.1) is 0 Å². The predicted molar refractivity (Wildman–Crippen MR) is 206 cm³/mol. The molecule has 6 atom stereocenters. The van der Waals surface area contributed by atoms with Crippen LogP contribution in [0.15, 0.2) is 12.2 Å². The molecule has 306 valence electrons. The SMILES string of the molecule is CCCCCCCC/C=C/CCCCCCCCCCCC(=O)OC[C@@H](CO[C@H]1O[C@@H](CO)[C@@H](O)C(O)C1O)OC(=O)CCCCCCCCCC. The fourth-order valence-electron chi connectivity index (χ4n) is 6.48. The van der Waals surface area contributed by atoms with Crippen LogP contribution < -0.4 is 0 Å². The van der Waals surface area contributed by atoms with E-state index in [1.165, 1.54) is 116 Å². The molecule has 1 aliphatic rings. The molecule has 0 aromatic rings. The van der Waals surface area contributed by atoms with E-state index in [2.05, 4.69) is 26.0 Å². The number of hydrogen-bond donors (Lipinski definition) is 4. The lowest BCUT2D eigenvalue weighted by Gasteiger charge is -2.39. The number of carbonyl (C=O) groups excluding carboxylic acids is 2. The van der Waals surface area contributed by atoms with Crippen LogP contribution in [0.5, 0.6) is 0 Å². The summed E-state index contributed by atoms with van der Waals surface area (Å²) in [6.45, 7) is 3.38. The highest BCUT2D eigenvalue weighted by atomic mass is 16.7. The van der Waals surface area contributed by atoms with Gasteiger partial charge in [0.05, 0.1) is 13.2 Å². The molecular formula is C42H78O10. The van der Waals surface area contributed by atoms with Gasteiger partial charge in [-0.2, -0.15) is 0 Å². The average molecular weight is 743 g/mol. The third-order valence-corrected chi connectivity index (χ3v) is 9.90. The summed E-state index contributed by atoms with van der Waals surface area (Å²) in [6.07, 6.45) is 26.7. The smallest absolute Gasteiger partial charge is 0.306 e. The van der Waals surface area contributed by atoms with Crippen molar-refractivity contribution in [2.45, 2.75) is 224 Å². The Morgan fingerprint density at radius 1 is 0.577 bits per heavy atom. The van der Waals surface area contributed by atoms with Crippen LogP contribution in [0.2, 0.25) is 0 Å².